The number of benzene rings is 2. The average Bonchev–Trinajstić information content (AvgIpc) is 2.42. The van der Waals surface area contributed by atoms with Gasteiger partial charge in [-0.25, -0.2) is 4.39 Å². The van der Waals surface area contributed by atoms with E-state index in [4.69, 9.17) is 33.7 Å². The van der Waals surface area contributed by atoms with Crippen molar-refractivity contribution in [3.8, 4) is 5.75 Å². The molecule has 2 aromatic rings. The highest BCUT2D eigenvalue weighted by Gasteiger charge is 2.08. The first-order valence-electron chi connectivity index (χ1n) is 6.44. The van der Waals surface area contributed by atoms with Crippen LogP contribution in [0.1, 0.15) is 13.3 Å². The van der Waals surface area contributed by atoms with Crippen molar-refractivity contribution in [3.05, 3.63) is 46.2 Å². The summed E-state index contributed by atoms with van der Waals surface area (Å²) in [5, 5.41) is 2.98. The summed E-state index contributed by atoms with van der Waals surface area (Å²) in [6, 6.07) is 8.20. The Hall–Kier alpha value is -1.65. The van der Waals surface area contributed by atoms with E-state index in [2.05, 4.69) is 5.32 Å². The topological polar surface area (TPSA) is 47.3 Å². The molecule has 0 aliphatic carbocycles. The number of nitrogen functional groups attached to an aromatic ring is 1. The van der Waals surface area contributed by atoms with Crippen LogP contribution in [0.5, 0.6) is 5.75 Å². The maximum absolute atomic E-state index is 13.4. The fraction of sp³-hybridized carbons (Fsp3) is 0.200. The predicted octanol–water partition coefficient (Wildman–Crippen LogP) is 5.25. The number of hydrogen-bond donors (Lipinski definition) is 2. The van der Waals surface area contributed by atoms with E-state index in [-0.39, 0.29) is 10.0 Å². The number of anilines is 3. The second-order valence-electron chi connectivity index (χ2n) is 4.52. The zero-order valence-electron chi connectivity index (χ0n) is 11.4. The number of nitrogens with two attached hydrogens (primary N) is 1. The smallest absolute Gasteiger partial charge is 0.160 e. The molecule has 0 saturated carbocycles. The van der Waals surface area contributed by atoms with Crippen LogP contribution in [0.25, 0.3) is 0 Å². The van der Waals surface area contributed by atoms with Gasteiger partial charge in [0.2, 0.25) is 0 Å². The summed E-state index contributed by atoms with van der Waals surface area (Å²) in [5.74, 6) is 0.0297. The van der Waals surface area contributed by atoms with Crippen LogP contribution < -0.4 is 15.8 Å². The van der Waals surface area contributed by atoms with Crippen LogP contribution in [0.4, 0.5) is 21.5 Å². The van der Waals surface area contributed by atoms with Crippen molar-refractivity contribution in [2.45, 2.75) is 13.3 Å². The van der Waals surface area contributed by atoms with Crippen LogP contribution >= 0.6 is 23.2 Å². The Bertz CT molecular complexity index is 627. The minimum absolute atomic E-state index is 0.0450. The lowest BCUT2D eigenvalue weighted by atomic mass is 10.2. The second-order valence-corrected chi connectivity index (χ2v) is 5.33. The third-order valence-electron chi connectivity index (χ3n) is 2.67. The van der Waals surface area contributed by atoms with Gasteiger partial charge < -0.3 is 15.8 Å². The Kier molecular flexibility index (Phi) is 5.15. The molecule has 0 radical (unpaired) electrons. The first kappa shape index (κ1) is 15.7. The van der Waals surface area contributed by atoms with Crippen molar-refractivity contribution in [2.75, 3.05) is 17.7 Å². The van der Waals surface area contributed by atoms with E-state index in [1.54, 1.807) is 18.2 Å². The van der Waals surface area contributed by atoms with E-state index in [1.165, 1.54) is 12.1 Å². The van der Waals surface area contributed by atoms with Crippen LogP contribution in [-0.2, 0) is 0 Å². The molecule has 0 aliphatic rings. The van der Waals surface area contributed by atoms with Gasteiger partial charge in [-0.15, -0.1) is 0 Å². The van der Waals surface area contributed by atoms with Crippen molar-refractivity contribution < 1.29 is 9.13 Å². The Morgan fingerprint density at radius 2 is 1.71 bits per heavy atom. The van der Waals surface area contributed by atoms with Gasteiger partial charge in [0.15, 0.2) is 5.82 Å². The summed E-state index contributed by atoms with van der Waals surface area (Å²) >= 11 is 11.5. The van der Waals surface area contributed by atoms with Crippen LogP contribution in [0.2, 0.25) is 10.0 Å². The molecular formula is C15H15Cl2FN2O. The molecule has 0 fully saturated rings. The van der Waals surface area contributed by atoms with Crippen molar-refractivity contribution in [1.82, 2.24) is 0 Å². The molecule has 21 heavy (non-hydrogen) atoms. The molecule has 3 N–H and O–H groups in total. The van der Waals surface area contributed by atoms with Gasteiger partial charge in [0.25, 0.3) is 0 Å². The van der Waals surface area contributed by atoms with Crippen molar-refractivity contribution in [2.24, 2.45) is 0 Å². The maximum atomic E-state index is 13.4. The van der Waals surface area contributed by atoms with Gasteiger partial charge in [-0.1, -0.05) is 30.1 Å². The predicted molar refractivity (Wildman–Crippen MR) is 86.3 cm³/mol. The van der Waals surface area contributed by atoms with E-state index in [9.17, 15) is 4.39 Å². The molecular weight excluding hydrogens is 314 g/mol. The summed E-state index contributed by atoms with van der Waals surface area (Å²) in [5.41, 5.74) is 7.67. The van der Waals surface area contributed by atoms with E-state index in [0.717, 1.165) is 6.42 Å². The Morgan fingerprint density at radius 1 is 1.10 bits per heavy atom. The van der Waals surface area contributed by atoms with Gasteiger partial charge in [0, 0.05) is 29.2 Å². The van der Waals surface area contributed by atoms with Crippen LogP contribution in [0, 0.1) is 5.82 Å². The van der Waals surface area contributed by atoms with Gasteiger partial charge >= 0.3 is 0 Å². The first-order chi connectivity index (χ1) is 9.99. The lowest BCUT2D eigenvalue weighted by Crippen LogP contribution is -1.98. The molecule has 0 saturated heterocycles. The van der Waals surface area contributed by atoms with Crippen molar-refractivity contribution in [3.63, 3.8) is 0 Å². The Labute approximate surface area is 132 Å². The summed E-state index contributed by atoms with van der Waals surface area (Å²) in [4.78, 5) is 0. The molecule has 3 nitrogen and oxygen atoms in total. The summed E-state index contributed by atoms with van der Waals surface area (Å²) < 4.78 is 18.9. The Morgan fingerprint density at radius 3 is 2.33 bits per heavy atom. The molecule has 0 heterocycles. The van der Waals surface area contributed by atoms with Crippen LogP contribution in [-0.4, -0.2) is 6.61 Å². The Balaban J connectivity index is 2.24. The van der Waals surface area contributed by atoms with E-state index < -0.39 is 5.82 Å². The zero-order valence-corrected chi connectivity index (χ0v) is 12.9. The number of halogens is 3. The number of ether oxygens (including phenoxy) is 1. The third kappa shape index (κ3) is 4.16. The zero-order chi connectivity index (χ0) is 15.4. The highest BCUT2D eigenvalue weighted by Crippen LogP contribution is 2.31. The molecule has 0 aromatic heterocycles. The SMILES string of the molecule is CCCOc1cc(N)cc(Nc2cc(Cl)c(F)c(Cl)c2)c1. The molecule has 0 unspecified atom stereocenters. The molecule has 0 atom stereocenters. The third-order valence-corrected chi connectivity index (χ3v) is 3.22. The van der Waals surface area contributed by atoms with Gasteiger partial charge in [-0.2, -0.15) is 0 Å². The normalized spacial score (nSPS) is 10.5. The second kappa shape index (κ2) is 6.87. The van der Waals surface area contributed by atoms with Crippen LogP contribution in [0.15, 0.2) is 30.3 Å². The summed E-state index contributed by atoms with van der Waals surface area (Å²) in [7, 11) is 0. The molecule has 2 rings (SSSR count). The number of hydrogen-bond acceptors (Lipinski definition) is 3. The lowest BCUT2D eigenvalue weighted by Gasteiger charge is -2.12. The summed E-state index contributed by atoms with van der Waals surface area (Å²) in [6.07, 6.45) is 0.904. The monoisotopic (exact) mass is 328 g/mol. The molecule has 112 valence electrons. The highest BCUT2D eigenvalue weighted by atomic mass is 35.5. The standard InChI is InChI=1S/C15H15Cl2FN2O/c1-2-3-21-12-5-9(19)4-10(6-12)20-11-7-13(16)15(18)14(17)8-11/h4-8,20H,2-3,19H2,1H3. The molecule has 0 bridgehead atoms. The van der Waals surface area contributed by atoms with Crippen LogP contribution in [0.3, 0.4) is 0 Å². The van der Waals surface area contributed by atoms with Gasteiger partial charge in [-0.05, 0) is 24.6 Å². The van der Waals surface area contributed by atoms with Gasteiger partial charge in [0.1, 0.15) is 5.75 Å². The molecule has 0 spiro atoms. The lowest BCUT2D eigenvalue weighted by molar-refractivity contribution is 0.318. The molecule has 6 heteroatoms. The van der Waals surface area contributed by atoms with Crippen molar-refractivity contribution >= 4 is 40.3 Å². The first-order valence-corrected chi connectivity index (χ1v) is 7.20. The molecule has 0 amide bonds. The quantitative estimate of drug-likeness (QED) is 0.582. The van der Waals surface area contributed by atoms with Gasteiger partial charge in [-0.3, -0.25) is 0 Å². The largest absolute Gasteiger partial charge is 0.493 e. The fourth-order valence-corrected chi connectivity index (χ4v) is 2.28. The fourth-order valence-electron chi connectivity index (χ4n) is 1.79. The van der Waals surface area contributed by atoms with E-state index >= 15 is 0 Å². The maximum Gasteiger partial charge on any atom is 0.160 e. The minimum atomic E-state index is -0.636. The summed E-state index contributed by atoms with van der Waals surface area (Å²) in [6.45, 7) is 2.63. The minimum Gasteiger partial charge on any atom is -0.493 e. The number of nitrogens with one attached hydrogen (secondary N) is 1. The molecule has 0 aliphatic heterocycles. The number of rotatable bonds is 5. The van der Waals surface area contributed by atoms with E-state index in [1.807, 2.05) is 6.92 Å². The molecule has 2 aromatic carbocycles. The van der Waals surface area contributed by atoms with E-state index in [0.29, 0.717) is 29.4 Å². The highest BCUT2D eigenvalue weighted by molar-refractivity contribution is 6.35. The average molecular weight is 329 g/mol. The van der Waals surface area contributed by atoms with Gasteiger partial charge in [0.05, 0.1) is 16.7 Å². The van der Waals surface area contributed by atoms with Crippen molar-refractivity contribution in [1.29, 1.82) is 0 Å².